The van der Waals surface area contributed by atoms with Gasteiger partial charge < -0.3 is 0 Å². The molecule has 0 saturated heterocycles. The van der Waals surface area contributed by atoms with Crippen molar-refractivity contribution in [3.8, 4) is 22.5 Å². The van der Waals surface area contributed by atoms with Gasteiger partial charge in [-0.15, -0.1) is 0 Å². The van der Waals surface area contributed by atoms with Crippen molar-refractivity contribution < 1.29 is 0 Å². The van der Waals surface area contributed by atoms with Gasteiger partial charge in [-0.2, -0.15) is 0 Å². The molecule has 0 spiro atoms. The van der Waals surface area contributed by atoms with Crippen LogP contribution in [0.3, 0.4) is 0 Å². The molecule has 0 fully saturated rings. The zero-order chi connectivity index (χ0) is 13.9. The number of aromatic nitrogens is 2. The van der Waals surface area contributed by atoms with Crippen molar-refractivity contribution in [3.63, 3.8) is 0 Å². The fraction of sp³-hybridized carbons (Fsp3) is 0.111. The van der Waals surface area contributed by atoms with Crippen LogP contribution >= 0.6 is 0 Å². The molecule has 3 aromatic rings. The van der Waals surface area contributed by atoms with E-state index in [2.05, 4.69) is 48.1 Å². The number of hydrogen-bond acceptors (Lipinski definition) is 2. The van der Waals surface area contributed by atoms with Gasteiger partial charge in [0.25, 0.3) is 0 Å². The molecule has 0 unspecified atom stereocenters. The third kappa shape index (κ3) is 2.32. The Labute approximate surface area is 119 Å². The maximum atomic E-state index is 4.56. The molecule has 2 heteroatoms. The van der Waals surface area contributed by atoms with E-state index in [1.54, 1.807) is 0 Å². The second kappa shape index (κ2) is 5.25. The fourth-order valence-electron chi connectivity index (χ4n) is 2.33. The highest BCUT2D eigenvalue weighted by Gasteiger charge is 2.06. The molecule has 98 valence electrons. The summed E-state index contributed by atoms with van der Waals surface area (Å²) in [6, 6.07) is 16.5. The highest BCUT2D eigenvalue weighted by Crippen LogP contribution is 2.24. The number of aryl methyl sites for hydroxylation is 2. The van der Waals surface area contributed by atoms with Gasteiger partial charge >= 0.3 is 0 Å². The van der Waals surface area contributed by atoms with Crippen LogP contribution in [0.25, 0.3) is 22.5 Å². The average molecular weight is 260 g/mol. The van der Waals surface area contributed by atoms with Gasteiger partial charge in [-0.05, 0) is 25.0 Å². The molecule has 0 aliphatic heterocycles. The summed E-state index contributed by atoms with van der Waals surface area (Å²) in [6.45, 7) is 4.18. The van der Waals surface area contributed by atoms with Crippen molar-refractivity contribution in [2.45, 2.75) is 13.8 Å². The fourth-order valence-corrected chi connectivity index (χ4v) is 2.33. The Morgan fingerprint density at radius 3 is 1.35 bits per heavy atom. The summed E-state index contributed by atoms with van der Waals surface area (Å²) in [5.41, 5.74) is 6.53. The van der Waals surface area contributed by atoms with Gasteiger partial charge in [0.1, 0.15) is 0 Å². The smallest absolute Gasteiger partial charge is 0.0888 e. The van der Waals surface area contributed by atoms with Crippen molar-refractivity contribution in [3.05, 3.63) is 72.1 Å². The summed E-state index contributed by atoms with van der Waals surface area (Å²) < 4.78 is 0. The van der Waals surface area contributed by atoms with Crippen LogP contribution in [0.1, 0.15) is 11.1 Å². The summed E-state index contributed by atoms with van der Waals surface area (Å²) in [4.78, 5) is 9.13. The molecule has 0 atom stereocenters. The number of hydrogen-bond donors (Lipinski definition) is 0. The van der Waals surface area contributed by atoms with Gasteiger partial charge in [0.2, 0.25) is 0 Å². The van der Waals surface area contributed by atoms with Crippen LogP contribution in [0.4, 0.5) is 0 Å². The van der Waals surface area contributed by atoms with Gasteiger partial charge in [-0.3, -0.25) is 9.97 Å². The van der Waals surface area contributed by atoms with Crippen molar-refractivity contribution in [1.29, 1.82) is 0 Å². The molecular formula is C18H16N2. The normalized spacial score (nSPS) is 10.5. The largest absolute Gasteiger partial charge is 0.252 e. The standard InChI is InChI=1S/C18H16N2/c1-13-7-3-5-9-15(13)17-11-20-18(12-19-17)16-10-6-4-8-14(16)2/h3-12H,1-2H3. The molecule has 0 saturated carbocycles. The third-order valence-corrected chi connectivity index (χ3v) is 3.49. The van der Waals surface area contributed by atoms with E-state index in [9.17, 15) is 0 Å². The molecule has 3 rings (SSSR count). The Bertz CT molecular complexity index is 666. The summed E-state index contributed by atoms with van der Waals surface area (Å²) in [5, 5.41) is 0. The van der Waals surface area contributed by atoms with Gasteiger partial charge in [-0.1, -0.05) is 48.5 Å². The van der Waals surface area contributed by atoms with E-state index >= 15 is 0 Å². The molecule has 1 heterocycles. The first-order valence-electron chi connectivity index (χ1n) is 6.70. The van der Waals surface area contributed by atoms with Crippen LogP contribution in [-0.2, 0) is 0 Å². The molecule has 0 radical (unpaired) electrons. The van der Waals surface area contributed by atoms with Gasteiger partial charge in [0.15, 0.2) is 0 Å². The quantitative estimate of drug-likeness (QED) is 0.681. The molecule has 2 nitrogen and oxygen atoms in total. The molecular weight excluding hydrogens is 244 g/mol. The lowest BCUT2D eigenvalue weighted by Crippen LogP contribution is -1.92. The van der Waals surface area contributed by atoms with Crippen LogP contribution in [0.2, 0.25) is 0 Å². The van der Waals surface area contributed by atoms with E-state index in [1.165, 1.54) is 11.1 Å². The van der Waals surface area contributed by atoms with Crippen molar-refractivity contribution >= 4 is 0 Å². The van der Waals surface area contributed by atoms with Crippen LogP contribution < -0.4 is 0 Å². The Hall–Kier alpha value is -2.48. The van der Waals surface area contributed by atoms with E-state index < -0.39 is 0 Å². The van der Waals surface area contributed by atoms with Crippen LogP contribution in [0.15, 0.2) is 60.9 Å². The van der Waals surface area contributed by atoms with Crippen LogP contribution in [0, 0.1) is 13.8 Å². The zero-order valence-electron chi connectivity index (χ0n) is 11.7. The lowest BCUT2D eigenvalue weighted by Gasteiger charge is -2.07. The second-order valence-corrected chi connectivity index (χ2v) is 4.92. The molecule has 2 aromatic carbocycles. The predicted molar refractivity (Wildman–Crippen MR) is 82.4 cm³/mol. The zero-order valence-corrected chi connectivity index (χ0v) is 11.7. The minimum Gasteiger partial charge on any atom is -0.252 e. The Kier molecular flexibility index (Phi) is 3.30. The van der Waals surface area contributed by atoms with E-state index in [4.69, 9.17) is 0 Å². The van der Waals surface area contributed by atoms with E-state index in [0.717, 1.165) is 22.5 Å². The van der Waals surface area contributed by atoms with Gasteiger partial charge in [-0.25, -0.2) is 0 Å². The Morgan fingerprint density at radius 1 is 0.600 bits per heavy atom. The first-order chi connectivity index (χ1) is 9.75. The molecule has 1 aromatic heterocycles. The highest BCUT2D eigenvalue weighted by molar-refractivity contribution is 5.66. The average Bonchev–Trinajstić information content (AvgIpc) is 2.49. The maximum Gasteiger partial charge on any atom is 0.0888 e. The monoisotopic (exact) mass is 260 g/mol. The highest BCUT2D eigenvalue weighted by atomic mass is 14.8. The lowest BCUT2D eigenvalue weighted by atomic mass is 10.0. The van der Waals surface area contributed by atoms with Crippen molar-refractivity contribution in [2.75, 3.05) is 0 Å². The first-order valence-corrected chi connectivity index (χ1v) is 6.70. The predicted octanol–water partition coefficient (Wildman–Crippen LogP) is 4.43. The molecule has 0 aliphatic rings. The minimum atomic E-state index is 0.917. The minimum absolute atomic E-state index is 0.917. The molecule has 0 amide bonds. The van der Waals surface area contributed by atoms with Crippen LogP contribution in [0.5, 0.6) is 0 Å². The SMILES string of the molecule is Cc1ccccc1-c1cnc(-c2ccccc2C)cn1. The second-order valence-electron chi connectivity index (χ2n) is 4.92. The summed E-state index contributed by atoms with van der Waals surface area (Å²) in [5.74, 6) is 0. The van der Waals surface area contributed by atoms with Gasteiger partial charge in [0, 0.05) is 11.1 Å². The van der Waals surface area contributed by atoms with Gasteiger partial charge in [0.05, 0.1) is 23.8 Å². The lowest BCUT2D eigenvalue weighted by molar-refractivity contribution is 1.20. The third-order valence-electron chi connectivity index (χ3n) is 3.49. The van der Waals surface area contributed by atoms with Crippen LogP contribution in [-0.4, -0.2) is 9.97 Å². The van der Waals surface area contributed by atoms with E-state index in [0.29, 0.717) is 0 Å². The maximum absolute atomic E-state index is 4.56. The summed E-state index contributed by atoms with van der Waals surface area (Å²) >= 11 is 0. The topological polar surface area (TPSA) is 25.8 Å². The van der Waals surface area contributed by atoms with Crippen molar-refractivity contribution in [2.24, 2.45) is 0 Å². The Morgan fingerprint density at radius 2 is 1.00 bits per heavy atom. The number of benzene rings is 2. The molecule has 0 bridgehead atoms. The molecule has 0 N–H and O–H groups in total. The van der Waals surface area contributed by atoms with E-state index in [-0.39, 0.29) is 0 Å². The number of rotatable bonds is 2. The summed E-state index contributed by atoms with van der Waals surface area (Å²) in [7, 11) is 0. The van der Waals surface area contributed by atoms with E-state index in [1.807, 2.05) is 36.7 Å². The summed E-state index contributed by atoms with van der Waals surface area (Å²) in [6.07, 6.45) is 3.70. The number of nitrogens with zero attached hydrogens (tertiary/aromatic N) is 2. The van der Waals surface area contributed by atoms with Crippen molar-refractivity contribution in [1.82, 2.24) is 9.97 Å². The molecule has 20 heavy (non-hydrogen) atoms. The first kappa shape index (κ1) is 12.5. The molecule has 0 aliphatic carbocycles. The Balaban J connectivity index is 2.01.